The van der Waals surface area contributed by atoms with Gasteiger partial charge in [0, 0.05) is 25.0 Å². The number of nitrogens with zero attached hydrogens (tertiary/aromatic N) is 3. The van der Waals surface area contributed by atoms with E-state index in [2.05, 4.69) is 21.6 Å². The topological polar surface area (TPSA) is 9.72 Å². The standard InChI is InChI=1S/C11H21N3/c1-2-3-4-11-5-12-8-13(6-11)10-14(7-11)9-12/h2-10H2,1H3. The largest absolute Gasteiger partial charge is 0.277 e. The van der Waals surface area contributed by atoms with E-state index in [0.29, 0.717) is 5.41 Å². The molecule has 0 atom stereocenters. The summed E-state index contributed by atoms with van der Waals surface area (Å²) >= 11 is 0. The predicted octanol–water partition coefficient (Wildman–Crippen LogP) is 0.982. The SMILES string of the molecule is CCCCC12CN3CN(CN(C3)C1)C2. The van der Waals surface area contributed by atoms with E-state index < -0.39 is 0 Å². The normalized spacial score (nSPS) is 49.9. The van der Waals surface area contributed by atoms with E-state index in [1.54, 1.807) is 0 Å². The zero-order chi connectivity index (χ0) is 9.60. The first-order valence-electron chi connectivity index (χ1n) is 5.97. The molecular formula is C11H21N3. The van der Waals surface area contributed by atoms with Gasteiger partial charge in [0.25, 0.3) is 0 Å². The Bertz CT molecular complexity index is 191. The maximum atomic E-state index is 2.62. The summed E-state index contributed by atoms with van der Waals surface area (Å²) < 4.78 is 0. The molecule has 3 nitrogen and oxygen atoms in total. The number of unbranched alkanes of at least 4 members (excludes halogenated alkanes) is 1. The Hall–Kier alpha value is -0.120. The number of hydrogen-bond acceptors (Lipinski definition) is 3. The van der Waals surface area contributed by atoms with Gasteiger partial charge in [-0.05, 0) is 6.42 Å². The summed E-state index contributed by atoms with van der Waals surface area (Å²) in [5.74, 6) is 0. The van der Waals surface area contributed by atoms with Crippen molar-refractivity contribution in [1.29, 1.82) is 0 Å². The van der Waals surface area contributed by atoms with Gasteiger partial charge in [-0.3, -0.25) is 14.7 Å². The molecule has 4 saturated heterocycles. The maximum absolute atomic E-state index is 2.62. The van der Waals surface area contributed by atoms with E-state index in [4.69, 9.17) is 0 Å². The van der Waals surface area contributed by atoms with Crippen LogP contribution in [0.15, 0.2) is 0 Å². The molecule has 0 saturated carbocycles. The van der Waals surface area contributed by atoms with Crippen molar-refractivity contribution in [3.63, 3.8) is 0 Å². The van der Waals surface area contributed by atoms with E-state index in [1.807, 2.05) is 0 Å². The van der Waals surface area contributed by atoms with Crippen LogP contribution in [0.5, 0.6) is 0 Å². The van der Waals surface area contributed by atoms with E-state index in [0.717, 1.165) is 0 Å². The fourth-order valence-electron chi connectivity index (χ4n) is 3.64. The van der Waals surface area contributed by atoms with Gasteiger partial charge in [-0.15, -0.1) is 0 Å². The summed E-state index contributed by atoms with van der Waals surface area (Å²) in [7, 11) is 0. The van der Waals surface area contributed by atoms with Gasteiger partial charge in [-0.25, -0.2) is 0 Å². The lowest BCUT2D eigenvalue weighted by Crippen LogP contribution is -2.72. The monoisotopic (exact) mass is 195 g/mol. The highest BCUT2D eigenvalue weighted by Crippen LogP contribution is 2.38. The van der Waals surface area contributed by atoms with Crippen molar-refractivity contribution in [2.45, 2.75) is 26.2 Å². The summed E-state index contributed by atoms with van der Waals surface area (Å²) in [5.41, 5.74) is 0.630. The highest BCUT2D eigenvalue weighted by molar-refractivity contribution is 4.98. The zero-order valence-electron chi connectivity index (χ0n) is 9.21. The molecule has 4 aliphatic heterocycles. The second-order valence-corrected chi connectivity index (χ2v) is 5.51. The van der Waals surface area contributed by atoms with Crippen LogP contribution in [0.25, 0.3) is 0 Å². The molecule has 80 valence electrons. The lowest BCUT2D eigenvalue weighted by Gasteiger charge is -2.61. The molecule has 0 aliphatic carbocycles. The molecule has 0 spiro atoms. The summed E-state index contributed by atoms with van der Waals surface area (Å²) in [4.78, 5) is 7.85. The molecule has 4 bridgehead atoms. The Morgan fingerprint density at radius 2 is 1.43 bits per heavy atom. The van der Waals surface area contributed by atoms with Gasteiger partial charge in [0.2, 0.25) is 0 Å². The Balaban J connectivity index is 1.74. The van der Waals surface area contributed by atoms with Crippen molar-refractivity contribution in [2.24, 2.45) is 5.41 Å². The van der Waals surface area contributed by atoms with Gasteiger partial charge in [0.1, 0.15) is 0 Å². The Labute approximate surface area is 86.7 Å². The number of hydrogen-bond donors (Lipinski definition) is 0. The second kappa shape index (κ2) is 3.19. The van der Waals surface area contributed by atoms with Crippen molar-refractivity contribution in [1.82, 2.24) is 14.7 Å². The molecule has 4 aliphatic rings. The molecule has 0 aromatic carbocycles. The molecule has 0 amide bonds. The second-order valence-electron chi connectivity index (χ2n) is 5.51. The van der Waals surface area contributed by atoms with Crippen molar-refractivity contribution in [3.8, 4) is 0 Å². The van der Waals surface area contributed by atoms with Crippen LogP contribution in [-0.2, 0) is 0 Å². The molecule has 4 heterocycles. The van der Waals surface area contributed by atoms with Crippen molar-refractivity contribution >= 4 is 0 Å². The molecule has 4 rings (SSSR count). The highest BCUT2D eigenvalue weighted by Gasteiger charge is 2.47. The van der Waals surface area contributed by atoms with Crippen LogP contribution < -0.4 is 0 Å². The van der Waals surface area contributed by atoms with E-state index in [1.165, 1.54) is 58.9 Å². The van der Waals surface area contributed by atoms with Crippen LogP contribution in [-0.4, -0.2) is 54.3 Å². The first-order valence-corrected chi connectivity index (χ1v) is 5.97. The molecule has 3 heteroatoms. The summed E-state index contributed by atoms with van der Waals surface area (Å²) in [6.45, 7) is 10.1. The Morgan fingerprint density at radius 1 is 0.929 bits per heavy atom. The first-order chi connectivity index (χ1) is 6.80. The minimum absolute atomic E-state index is 0.630. The van der Waals surface area contributed by atoms with Gasteiger partial charge in [-0.1, -0.05) is 19.8 Å². The molecular weight excluding hydrogens is 174 g/mol. The van der Waals surface area contributed by atoms with Crippen LogP contribution in [0.2, 0.25) is 0 Å². The lowest BCUT2D eigenvalue weighted by molar-refractivity contribution is -0.174. The fraction of sp³-hybridized carbons (Fsp3) is 1.00. The van der Waals surface area contributed by atoms with Gasteiger partial charge < -0.3 is 0 Å². The van der Waals surface area contributed by atoms with E-state index >= 15 is 0 Å². The van der Waals surface area contributed by atoms with E-state index in [9.17, 15) is 0 Å². The van der Waals surface area contributed by atoms with Gasteiger partial charge in [0.15, 0.2) is 0 Å². The molecule has 0 aromatic rings. The van der Waals surface area contributed by atoms with Crippen molar-refractivity contribution in [3.05, 3.63) is 0 Å². The molecule has 14 heavy (non-hydrogen) atoms. The smallest absolute Gasteiger partial charge is 0.0530 e. The lowest BCUT2D eigenvalue weighted by atomic mass is 9.77. The first kappa shape index (κ1) is 9.13. The minimum atomic E-state index is 0.630. The summed E-state index contributed by atoms with van der Waals surface area (Å²) in [6.07, 6.45) is 4.20. The number of rotatable bonds is 3. The third-order valence-corrected chi connectivity index (χ3v) is 3.94. The van der Waals surface area contributed by atoms with Crippen LogP contribution in [0.1, 0.15) is 26.2 Å². The highest BCUT2D eigenvalue weighted by atomic mass is 15.5. The van der Waals surface area contributed by atoms with Crippen LogP contribution in [0, 0.1) is 5.41 Å². The average Bonchev–Trinajstić information content (AvgIpc) is 2.12. The summed E-state index contributed by atoms with van der Waals surface area (Å²) in [6, 6.07) is 0. The molecule has 0 radical (unpaired) electrons. The quantitative estimate of drug-likeness (QED) is 0.665. The maximum Gasteiger partial charge on any atom is 0.0530 e. The van der Waals surface area contributed by atoms with Gasteiger partial charge >= 0.3 is 0 Å². The van der Waals surface area contributed by atoms with Crippen LogP contribution >= 0.6 is 0 Å². The van der Waals surface area contributed by atoms with Crippen LogP contribution in [0.4, 0.5) is 0 Å². The third kappa shape index (κ3) is 1.38. The van der Waals surface area contributed by atoms with Crippen molar-refractivity contribution in [2.75, 3.05) is 39.6 Å². The van der Waals surface area contributed by atoms with Gasteiger partial charge in [-0.2, -0.15) is 0 Å². The molecule has 0 N–H and O–H groups in total. The summed E-state index contributed by atoms with van der Waals surface area (Å²) in [5, 5.41) is 0. The Morgan fingerprint density at radius 3 is 1.86 bits per heavy atom. The predicted molar refractivity (Wildman–Crippen MR) is 56.7 cm³/mol. The molecule has 0 aromatic heterocycles. The third-order valence-electron chi connectivity index (χ3n) is 3.94. The van der Waals surface area contributed by atoms with Crippen LogP contribution in [0.3, 0.4) is 0 Å². The average molecular weight is 195 g/mol. The Kier molecular flexibility index (Phi) is 2.08. The van der Waals surface area contributed by atoms with Crippen molar-refractivity contribution < 1.29 is 0 Å². The van der Waals surface area contributed by atoms with Gasteiger partial charge in [0.05, 0.1) is 20.0 Å². The molecule has 0 unspecified atom stereocenters. The van der Waals surface area contributed by atoms with E-state index in [-0.39, 0.29) is 0 Å². The molecule has 4 fully saturated rings. The fourth-order valence-corrected chi connectivity index (χ4v) is 3.64. The minimum Gasteiger partial charge on any atom is -0.277 e. The zero-order valence-corrected chi connectivity index (χ0v) is 9.21.